The molecule has 0 aromatic heterocycles. The summed E-state index contributed by atoms with van der Waals surface area (Å²) in [5.74, 6) is 1.57. The Morgan fingerprint density at radius 3 is 2.63 bits per heavy atom. The molecule has 0 aliphatic carbocycles. The van der Waals surface area contributed by atoms with Crippen LogP contribution in [0.15, 0.2) is 29.3 Å². The minimum Gasteiger partial charge on any atom is -0.381 e. The maximum atomic E-state index is 12.1. The van der Waals surface area contributed by atoms with Crippen LogP contribution in [0.5, 0.6) is 0 Å². The average molecular weight is 488 g/mol. The molecule has 7 heteroatoms. The van der Waals surface area contributed by atoms with E-state index in [1.54, 1.807) is 7.05 Å². The number of rotatable bonds is 7. The molecule has 1 saturated heterocycles. The van der Waals surface area contributed by atoms with Crippen LogP contribution >= 0.6 is 24.0 Å². The van der Waals surface area contributed by atoms with Gasteiger partial charge in [0.1, 0.15) is 0 Å². The molecule has 1 aliphatic heterocycles. The number of nitrogens with one attached hydrogen (secondary N) is 2. The van der Waals surface area contributed by atoms with Gasteiger partial charge in [0.2, 0.25) is 0 Å². The Kier molecular flexibility index (Phi) is 11.3. The number of benzene rings is 1. The Morgan fingerprint density at radius 2 is 1.96 bits per heavy atom. The SMILES string of the molecule is CN=C(NCCNC(=O)c1cccc(C)c1)N(C)CCC1CCOCC1.I. The molecule has 0 spiro atoms. The summed E-state index contributed by atoms with van der Waals surface area (Å²) >= 11 is 0. The summed E-state index contributed by atoms with van der Waals surface area (Å²) in [7, 11) is 3.85. The van der Waals surface area contributed by atoms with Crippen LogP contribution in [0.25, 0.3) is 0 Å². The Hall–Kier alpha value is -1.35. The zero-order valence-corrected chi connectivity index (χ0v) is 19.0. The summed E-state index contributed by atoms with van der Waals surface area (Å²) in [5.41, 5.74) is 1.78. The molecule has 0 bridgehead atoms. The Morgan fingerprint density at radius 1 is 1.26 bits per heavy atom. The normalized spacial score (nSPS) is 15.0. The highest BCUT2D eigenvalue weighted by molar-refractivity contribution is 14.0. The summed E-state index contributed by atoms with van der Waals surface area (Å²) < 4.78 is 5.41. The minimum atomic E-state index is -0.0432. The Labute approximate surface area is 180 Å². The molecule has 1 amide bonds. The second kappa shape index (κ2) is 12.9. The van der Waals surface area contributed by atoms with Gasteiger partial charge in [-0.2, -0.15) is 0 Å². The fraction of sp³-hybridized carbons (Fsp3) is 0.600. The van der Waals surface area contributed by atoms with Crippen LogP contribution in [-0.4, -0.2) is 63.7 Å². The molecular formula is C20H33IN4O2. The maximum Gasteiger partial charge on any atom is 0.251 e. The summed E-state index contributed by atoms with van der Waals surface area (Å²) in [6.45, 7) is 5.94. The van der Waals surface area contributed by atoms with Gasteiger partial charge in [0.05, 0.1) is 0 Å². The molecule has 1 aromatic rings. The van der Waals surface area contributed by atoms with E-state index in [2.05, 4.69) is 27.6 Å². The highest BCUT2D eigenvalue weighted by Gasteiger charge is 2.15. The number of aryl methyl sites for hydroxylation is 1. The molecule has 27 heavy (non-hydrogen) atoms. The van der Waals surface area contributed by atoms with Gasteiger partial charge in [-0.1, -0.05) is 17.7 Å². The van der Waals surface area contributed by atoms with Crippen molar-refractivity contribution in [2.45, 2.75) is 26.2 Å². The van der Waals surface area contributed by atoms with Gasteiger partial charge in [-0.25, -0.2) is 0 Å². The number of aliphatic imine (C=N–C) groups is 1. The number of ether oxygens (including phenoxy) is 1. The van der Waals surface area contributed by atoms with Crippen LogP contribution in [0, 0.1) is 12.8 Å². The van der Waals surface area contributed by atoms with Crippen LogP contribution < -0.4 is 10.6 Å². The van der Waals surface area contributed by atoms with Crippen LogP contribution in [0.1, 0.15) is 35.2 Å². The lowest BCUT2D eigenvalue weighted by molar-refractivity contribution is 0.0625. The van der Waals surface area contributed by atoms with Crippen molar-refractivity contribution < 1.29 is 9.53 Å². The summed E-state index contributed by atoms with van der Waals surface area (Å²) in [4.78, 5) is 18.6. The predicted octanol–water partition coefficient (Wildman–Crippen LogP) is 2.67. The van der Waals surface area contributed by atoms with Crippen molar-refractivity contribution >= 4 is 35.8 Å². The molecular weight excluding hydrogens is 455 g/mol. The standard InChI is InChI=1S/C20H32N4O2.HI/c1-16-5-4-6-18(15-16)19(25)22-10-11-23-20(21-2)24(3)12-7-17-8-13-26-14-9-17;/h4-6,15,17H,7-14H2,1-3H3,(H,21,23)(H,22,25);1H. The zero-order chi connectivity index (χ0) is 18.8. The molecule has 1 aliphatic rings. The lowest BCUT2D eigenvalue weighted by Gasteiger charge is -2.26. The van der Waals surface area contributed by atoms with E-state index in [0.717, 1.165) is 56.5 Å². The lowest BCUT2D eigenvalue weighted by atomic mass is 9.96. The van der Waals surface area contributed by atoms with E-state index in [0.29, 0.717) is 18.7 Å². The molecule has 152 valence electrons. The second-order valence-electron chi connectivity index (χ2n) is 6.87. The van der Waals surface area contributed by atoms with Gasteiger partial charge in [0.15, 0.2) is 5.96 Å². The van der Waals surface area contributed by atoms with Gasteiger partial charge in [-0.3, -0.25) is 9.79 Å². The first kappa shape index (κ1) is 23.7. The molecule has 1 heterocycles. The van der Waals surface area contributed by atoms with Crippen molar-refractivity contribution in [3.05, 3.63) is 35.4 Å². The smallest absolute Gasteiger partial charge is 0.251 e. The van der Waals surface area contributed by atoms with Crippen LogP contribution in [0.4, 0.5) is 0 Å². The number of amides is 1. The topological polar surface area (TPSA) is 66.0 Å². The van der Waals surface area contributed by atoms with E-state index in [-0.39, 0.29) is 29.9 Å². The number of carbonyl (C=O) groups is 1. The number of halogens is 1. The lowest BCUT2D eigenvalue weighted by Crippen LogP contribution is -2.43. The first-order chi connectivity index (χ1) is 12.6. The van der Waals surface area contributed by atoms with E-state index < -0.39 is 0 Å². The first-order valence-corrected chi connectivity index (χ1v) is 9.44. The highest BCUT2D eigenvalue weighted by atomic mass is 127. The molecule has 2 N–H and O–H groups in total. The highest BCUT2D eigenvalue weighted by Crippen LogP contribution is 2.18. The zero-order valence-electron chi connectivity index (χ0n) is 16.7. The van der Waals surface area contributed by atoms with Gasteiger partial charge >= 0.3 is 0 Å². The predicted molar refractivity (Wildman–Crippen MR) is 121 cm³/mol. The third-order valence-corrected chi connectivity index (χ3v) is 4.76. The van der Waals surface area contributed by atoms with Gasteiger partial charge in [-0.15, -0.1) is 24.0 Å². The Balaban J connectivity index is 0.00000364. The minimum absolute atomic E-state index is 0. The van der Waals surface area contributed by atoms with Crippen molar-refractivity contribution in [3.63, 3.8) is 0 Å². The van der Waals surface area contributed by atoms with Crippen LogP contribution in [0.2, 0.25) is 0 Å². The fourth-order valence-corrected chi connectivity index (χ4v) is 3.14. The summed E-state index contributed by atoms with van der Waals surface area (Å²) in [6, 6.07) is 7.61. The molecule has 6 nitrogen and oxygen atoms in total. The number of hydrogen-bond acceptors (Lipinski definition) is 3. The van der Waals surface area contributed by atoms with Crippen molar-refractivity contribution in [2.75, 3.05) is 46.9 Å². The Bertz CT molecular complexity index is 603. The van der Waals surface area contributed by atoms with Crippen molar-refractivity contribution in [3.8, 4) is 0 Å². The summed E-state index contributed by atoms with van der Waals surface area (Å²) in [5, 5.41) is 6.25. The third kappa shape index (κ3) is 8.47. The van der Waals surface area contributed by atoms with E-state index in [9.17, 15) is 4.79 Å². The quantitative estimate of drug-likeness (QED) is 0.268. The first-order valence-electron chi connectivity index (χ1n) is 9.44. The number of guanidine groups is 1. The molecule has 1 fully saturated rings. The fourth-order valence-electron chi connectivity index (χ4n) is 3.14. The van der Waals surface area contributed by atoms with Crippen molar-refractivity contribution in [1.29, 1.82) is 0 Å². The maximum absolute atomic E-state index is 12.1. The van der Waals surface area contributed by atoms with E-state index >= 15 is 0 Å². The van der Waals surface area contributed by atoms with Gasteiger partial charge < -0.3 is 20.3 Å². The number of nitrogens with zero attached hydrogens (tertiary/aromatic N) is 2. The van der Waals surface area contributed by atoms with E-state index in [4.69, 9.17) is 4.74 Å². The van der Waals surface area contributed by atoms with Gasteiger partial charge in [0.25, 0.3) is 5.91 Å². The molecule has 0 unspecified atom stereocenters. The van der Waals surface area contributed by atoms with E-state index in [1.807, 2.05) is 31.2 Å². The summed E-state index contributed by atoms with van der Waals surface area (Å²) in [6.07, 6.45) is 3.47. The molecule has 0 radical (unpaired) electrons. The molecule has 1 aromatic carbocycles. The monoisotopic (exact) mass is 488 g/mol. The molecule has 0 saturated carbocycles. The van der Waals surface area contributed by atoms with Gasteiger partial charge in [-0.05, 0) is 44.2 Å². The number of hydrogen-bond donors (Lipinski definition) is 2. The molecule has 0 atom stereocenters. The third-order valence-electron chi connectivity index (χ3n) is 4.76. The average Bonchev–Trinajstić information content (AvgIpc) is 2.67. The largest absolute Gasteiger partial charge is 0.381 e. The second-order valence-corrected chi connectivity index (χ2v) is 6.87. The number of carbonyl (C=O) groups excluding carboxylic acids is 1. The van der Waals surface area contributed by atoms with Crippen molar-refractivity contribution in [1.82, 2.24) is 15.5 Å². The van der Waals surface area contributed by atoms with Crippen LogP contribution in [0.3, 0.4) is 0 Å². The van der Waals surface area contributed by atoms with Gasteiger partial charge in [0, 0.05) is 52.5 Å². The molecule has 2 rings (SSSR count). The van der Waals surface area contributed by atoms with Crippen molar-refractivity contribution in [2.24, 2.45) is 10.9 Å². The van der Waals surface area contributed by atoms with E-state index in [1.165, 1.54) is 0 Å². The van der Waals surface area contributed by atoms with Crippen LogP contribution in [-0.2, 0) is 4.74 Å².